The average Bonchev–Trinajstić information content (AvgIpc) is 3.17. The molecular weight excluding hydrogens is 348 g/mol. The van der Waals surface area contributed by atoms with Gasteiger partial charge in [0, 0.05) is 18.0 Å². The predicted molar refractivity (Wildman–Crippen MR) is 93.0 cm³/mol. The molecule has 0 aliphatic heterocycles. The third-order valence-corrected chi connectivity index (χ3v) is 5.28. The molecule has 2 N–H and O–H groups in total. The number of amides is 1. The lowest BCUT2D eigenvalue weighted by atomic mass is 10.1. The fraction of sp³-hybridized carbons (Fsp3) is 0.200. The van der Waals surface area contributed by atoms with Crippen LogP contribution in [0.15, 0.2) is 17.0 Å². The van der Waals surface area contributed by atoms with Gasteiger partial charge in [-0.05, 0) is 19.9 Å². The number of aromatic nitrogens is 3. The summed E-state index contributed by atoms with van der Waals surface area (Å²) in [4.78, 5) is 28.6. The van der Waals surface area contributed by atoms with E-state index >= 15 is 0 Å². The Morgan fingerprint density at radius 1 is 1.29 bits per heavy atom. The summed E-state index contributed by atoms with van der Waals surface area (Å²) in [6.45, 7) is 3.58. The van der Waals surface area contributed by atoms with Gasteiger partial charge in [0.15, 0.2) is 0 Å². The summed E-state index contributed by atoms with van der Waals surface area (Å²) in [5.74, 6) is -1.45. The second-order valence-corrected chi connectivity index (χ2v) is 6.91. The van der Waals surface area contributed by atoms with E-state index in [1.165, 1.54) is 22.7 Å². The number of carbonyl (C=O) groups is 2. The molecule has 24 heavy (non-hydrogen) atoms. The summed E-state index contributed by atoms with van der Waals surface area (Å²) in [6, 6.07) is 1.81. The molecule has 0 saturated carbocycles. The first kappa shape index (κ1) is 16.3. The van der Waals surface area contributed by atoms with Crippen LogP contribution in [-0.2, 0) is 7.05 Å². The quantitative estimate of drug-likeness (QED) is 0.743. The van der Waals surface area contributed by atoms with Crippen LogP contribution in [0, 0.1) is 13.8 Å². The van der Waals surface area contributed by atoms with Crippen molar-refractivity contribution in [2.75, 3.05) is 5.32 Å². The number of nitrogens with one attached hydrogen (secondary N) is 1. The van der Waals surface area contributed by atoms with E-state index in [9.17, 15) is 14.7 Å². The Kier molecular flexibility index (Phi) is 4.20. The largest absolute Gasteiger partial charge is 0.478 e. The van der Waals surface area contributed by atoms with Gasteiger partial charge in [0.05, 0.1) is 22.6 Å². The molecule has 0 aromatic carbocycles. The third-order valence-electron chi connectivity index (χ3n) is 3.46. The van der Waals surface area contributed by atoms with Crippen molar-refractivity contribution in [2.45, 2.75) is 13.8 Å². The standard InChI is InChI=1S/C15H14N4O3S2/c1-7-4-10(19(3)18-7)9-5-23-14(11(9)15(21)22)17-13(20)12-8(2)16-6-24-12/h4-6H,1-3H3,(H,17,20)(H,21,22). The van der Waals surface area contributed by atoms with Crippen molar-refractivity contribution in [2.24, 2.45) is 7.05 Å². The first-order valence-corrected chi connectivity index (χ1v) is 8.71. The molecule has 3 heterocycles. The number of anilines is 1. The van der Waals surface area contributed by atoms with Crippen molar-refractivity contribution in [3.05, 3.63) is 38.8 Å². The van der Waals surface area contributed by atoms with Crippen LogP contribution in [0.1, 0.15) is 31.4 Å². The molecule has 1 amide bonds. The monoisotopic (exact) mass is 362 g/mol. The van der Waals surface area contributed by atoms with Gasteiger partial charge in [-0.25, -0.2) is 9.78 Å². The van der Waals surface area contributed by atoms with Crippen LogP contribution in [0.2, 0.25) is 0 Å². The van der Waals surface area contributed by atoms with Crippen LogP contribution in [0.25, 0.3) is 11.3 Å². The molecule has 7 nitrogen and oxygen atoms in total. The number of nitrogens with zero attached hydrogens (tertiary/aromatic N) is 3. The maximum absolute atomic E-state index is 12.3. The van der Waals surface area contributed by atoms with Crippen LogP contribution >= 0.6 is 22.7 Å². The van der Waals surface area contributed by atoms with E-state index in [0.29, 0.717) is 26.8 Å². The molecule has 0 saturated heterocycles. The minimum absolute atomic E-state index is 0.0681. The van der Waals surface area contributed by atoms with Crippen molar-refractivity contribution < 1.29 is 14.7 Å². The second kappa shape index (κ2) is 6.17. The van der Waals surface area contributed by atoms with E-state index in [2.05, 4.69) is 15.4 Å². The Balaban J connectivity index is 2.01. The highest BCUT2D eigenvalue weighted by atomic mass is 32.1. The minimum atomic E-state index is -1.10. The molecule has 3 aromatic rings. The first-order valence-electron chi connectivity index (χ1n) is 6.95. The minimum Gasteiger partial charge on any atom is -0.478 e. The van der Waals surface area contributed by atoms with Crippen LogP contribution < -0.4 is 5.32 Å². The lowest BCUT2D eigenvalue weighted by molar-refractivity contribution is 0.0699. The summed E-state index contributed by atoms with van der Waals surface area (Å²) in [7, 11) is 1.75. The predicted octanol–water partition coefficient (Wildman–Crippen LogP) is 3.17. The van der Waals surface area contributed by atoms with E-state index in [-0.39, 0.29) is 11.5 Å². The molecular formula is C15H14N4O3S2. The molecule has 3 aromatic heterocycles. The highest BCUT2D eigenvalue weighted by Crippen LogP contribution is 2.36. The van der Waals surface area contributed by atoms with Crippen LogP contribution in [0.5, 0.6) is 0 Å². The molecule has 0 spiro atoms. The maximum atomic E-state index is 12.3. The van der Waals surface area contributed by atoms with Crippen LogP contribution in [0.4, 0.5) is 5.00 Å². The first-order chi connectivity index (χ1) is 11.4. The molecule has 3 rings (SSSR count). The molecule has 0 aliphatic rings. The zero-order chi connectivity index (χ0) is 17.4. The number of carbonyl (C=O) groups excluding carboxylic acids is 1. The Hall–Kier alpha value is -2.52. The highest BCUT2D eigenvalue weighted by Gasteiger charge is 2.24. The van der Waals surface area contributed by atoms with Gasteiger partial charge in [-0.15, -0.1) is 22.7 Å². The normalized spacial score (nSPS) is 10.8. The SMILES string of the molecule is Cc1cc(-c2csc(NC(=O)c3scnc3C)c2C(=O)O)n(C)n1. The van der Waals surface area contributed by atoms with E-state index in [4.69, 9.17) is 0 Å². The van der Waals surface area contributed by atoms with Gasteiger partial charge in [-0.2, -0.15) is 5.10 Å². The molecule has 0 atom stereocenters. The molecule has 124 valence electrons. The lowest BCUT2D eigenvalue weighted by Crippen LogP contribution is -2.13. The number of hydrogen-bond donors (Lipinski definition) is 2. The fourth-order valence-electron chi connectivity index (χ4n) is 2.39. The number of aromatic carboxylic acids is 1. The zero-order valence-corrected chi connectivity index (χ0v) is 14.8. The summed E-state index contributed by atoms with van der Waals surface area (Å²) < 4.78 is 1.63. The number of carboxylic acids is 1. The molecule has 0 radical (unpaired) electrons. The number of rotatable bonds is 4. The van der Waals surface area contributed by atoms with Crippen molar-refractivity contribution in [3.8, 4) is 11.3 Å². The van der Waals surface area contributed by atoms with Crippen LogP contribution in [0.3, 0.4) is 0 Å². The average molecular weight is 362 g/mol. The van der Waals surface area contributed by atoms with Crippen molar-refractivity contribution in [3.63, 3.8) is 0 Å². The number of carboxylic acid groups (broad SMARTS) is 1. The molecule has 0 fully saturated rings. The molecule has 0 bridgehead atoms. The fourth-order valence-corrected chi connectivity index (χ4v) is 4.03. The molecule has 9 heteroatoms. The van der Waals surface area contributed by atoms with Gasteiger partial charge in [0.25, 0.3) is 5.91 Å². The topological polar surface area (TPSA) is 97.1 Å². The Labute approximate surface area is 145 Å². The number of hydrogen-bond acceptors (Lipinski definition) is 6. The summed E-state index contributed by atoms with van der Waals surface area (Å²) in [6.07, 6.45) is 0. The Morgan fingerprint density at radius 3 is 2.58 bits per heavy atom. The zero-order valence-electron chi connectivity index (χ0n) is 13.2. The van der Waals surface area contributed by atoms with Crippen molar-refractivity contribution in [1.29, 1.82) is 0 Å². The number of thiazole rings is 1. The van der Waals surface area contributed by atoms with Gasteiger partial charge in [0.1, 0.15) is 15.4 Å². The van der Waals surface area contributed by atoms with Gasteiger partial charge in [-0.1, -0.05) is 0 Å². The van der Waals surface area contributed by atoms with Crippen molar-refractivity contribution >= 4 is 39.6 Å². The Morgan fingerprint density at radius 2 is 2.04 bits per heavy atom. The van der Waals surface area contributed by atoms with Crippen LogP contribution in [-0.4, -0.2) is 31.7 Å². The van der Waals surface area contributed by atoms with Gasteiger partial charge >= 0.3 is 5.97 Å². The summed E-state index contributed by atoms with van der Waals surface area (Å²) in [5, 5.41) is 18.6. The number of thiophene rings is 1. The smallest absolute Gasteiger partial charge is 0.339 e. The highest BCUT2D eigenvalue weighted by molar-refractivity contribution is 7.15. The molecule has 0 unspecified atom stereocenters. The summed E-state index contributed by atoms with van der Waals surface area (Å²) in [5.41, 5.74) is 4.29. The van der Waals surface area contributed by atoms with E-state index in [0.717, 1.165) is 5.69 Å². The van der Waals surface area contributed by atoms with Gasteiger partial charge in [0.2, 0.25) is 0 Å². The Bertz CT molecular complexity index is 939. The van der Waals surface area contributed by atoms with E-state index < -0.39 is 5.97 Å². The number of aryl methyl sites for hydroxylation is 3. The summed E-state index contributed by atoms with van der Waals surface area (Å²) >= 11 is 2.40. The van der Waals surface area contributed by atoms with Gasteiger partial charge < -0.3 is 10.4 Å². The third kappa shape index (κ3) is 2.83. The maximum Gasteiger partial charge on any atom is 0.339 e. The second-order valence-electron chi connectivity index (χ2n) is 5.17. The van der Waals surface area contributed by atoms with E-state index in [1.807, 2.05) is 13.0 Å². The van der Waals surface area contributed by atoms with E-state index in [1.54, 1.807) is 29.5 Å². The lowest BCUT2D eigenvalue weighted by Gasteiger charge is -2.05. The van der Waals surface area contributed by atoms with Crippen molar-refractivity contribution in [1.82, 2.24) is 14.8 Å². The molecule has 0 aliphatic carbocycles. The van der Waals surface area contributed by atoms with Gasteiger partial charge in [-0.3, -0.25) is 9.48 Å².